The zero-order valence-electron chi connectivity index (χ0n) is 4.12. The summed E-state index contributed by atoms with van der Waals surface area (Å²) in [6.45, 7) is 2.21. The predicted molar refractivity (Wildman–Crippen MR) is 25.5 cm³/mol. The minimum absolute atomic E-state index is 1.34. The maximum atomic E-state index is 2.21. The van der Waals surface area contributed by atoms with Crippen LogP contribution in [0.4, 0.5) is 0 Å². The summed E-state index contributed by atoms with van der Waals surface area (Å²) < 4.78 is 0. The Bertz CT molecular complexity index is 11.1. The van der Waals surface area contributed by atoms with Gasteiger partial charge in [0.15, 0.2) is 0 Å². The third kappa shape index (κ3) is 4.60. The maximum absolute atomic E-state index is 2.21. The van der Waals surface area contributed by atoms with Gasteiger partial charge in [-0.2, -0.15) is 0 Å². The molecule has 5 heavy (non-hydrogen) atoms. The molecule has 0 aliphatic carbocycles. The Balaban J connectivity index is 2.19. The number of hydrogen-bond acceptors (Lipinski definition) is 0. The van der Waals surface area contributed by atoms with Crippen molar-refractivity contribution >= 4 is 17.7 Å². The van der Waals surface area contributed by atoms with Crippen LogP contribution in [0.25, 0.3) is 0 Å². The first-order valence-electron chi connectivity index (χ1n) is 2.41. The van der Waals surface area contributed by atoms with Gasteiger partial charge in [0.1, 0.15) is 0 Å². The minimum atomic E-state index is 1.34. The van der Waals surface area contributed by atoms with Gasteiger partial charge in [-0.15, -0.1) is 0 Å². The summed E-state index contributed by atoms with van der Waals surface area (Å²) in [4.78, 5) is 0. The SMILES string of the molecule is [20Li][CH2]CCC. The second-order valence-electron chi connectivity index (χ2n) is 1.35. The van der Waals surface area contributed by atoms with Gasteiger partial charge in [-0.05, 0) is 0 Å². The van der Waals surface area contributed by atoms with Crippen LogP contribution in [0, 0.1) is 0 Å². The molecule has 0 amide bonds. The summed E-state index contributed by atoms with van der Waals surface area (Å²) in [5.74, 6) is 0. The molecule has 0 fully saturated rings. The van der Waals surface area contributed by atoms with Crippen LogP contribution in [-0.4, -0.2) is 17.7 Å². The fourth-order valence-electron chi connectivity index (χ4n) is 0.354. The molecule has 0 aromatic rings. The first-order valence-corrected chi connectivity index (χ1v) is 2.41. The van der Waals surface area contributed by atoms with Gasteiger partial charge in [0.25, 0.3) is 0 Å². The summed E-state index contributed by atoms with van der Waals surface area (Å²) in [5, 5.41) is 1.34. The summed E-state index contributed by atoms with van der Waals surface area (Å²) >= 11 is 2.21. The van der Waals surface area contributed by atoms with Crippen LogP contribution < -0.4 is 0 Å². The average molecular weight is 77.1 g/mol. The molecular weight excluding hydrogens is 68.0 g/mol. The quantitative estimate of drug-likeness (QED) is 0.437. The third-order valence-corrected chi connectivity index (χ3v) is 0.707. The molecule has 0 atom stereocenters. The van der Waals surface area contributed by atoms with E-state index in [1.54, 1.807) is 0 Å². The van der Waals surface area contributed by atoms with Crippen molar-refractivity contribution in [1.82, 2.24) is 0 Å². The van der Waals surface area contributed by atoms with E-state index >= 15 is 0 Å². The van der Waals surface area contributed by atoms with Gasteiger partial charge in [-0.25, -0.2) is 0 Å². The van der Waals surface area contributed by atoms with E-state index in [1.165, 1.54) is 17.9 Å². The number of rotatable bonds is 2. The van der Waals surface area contributed by atoms with E-state index in [1.807, 2.05) is 0 Å². The molecule has 0 heterocycles. The zero-order chi connectivity index (χ0) is 4.12. The van der Waals surface area contributed by atoms with E-state index in [9.17, 15) is 0 Å². The van der Waals surface area contributed by atoms with E-state index in [-0.39, 0.29) is 0 Å². The molecule has 0 saturated carbocycles. The first-order chi connectivity index (χ1) is 2.41. The molecule has 0 aromatic carbocycles. The molecule has 0 saturated heterocycles. The van der Waals surface area contributed by atoms with Crippen molar-refractivity contribution in [2.45, 2.75) is 24.9 Å². The van der Waals surface area contributed by atoms with E-state index in [2.05, 4.69) is 24.6 Å². The predicted octanol–water partition coefficient (Wildman–Crippen LogP) is 1.37. The van der Waals surface area contributed by atoms with Crippen molar-refractivity contribution in [3.63, 3.8) is 0 Å². The molecule has 0 bridgehead atoms. The molecule has 1 heteroatoms. The number of unbranched alkanes of at least 4 members (excludes halogenated alkanes) is 1. The van der Waals surface area contributed by atoms with Gasteiger partial charge in [-0.1, -0.05) is 0 Å². The molecule has 0 aliphatic rings. The van der Waals surface area contributed by atoms with Crippen LogP contribution in [0.5, 0.6) is 0 Å². The zero-order valence-corrected chi connectivity index (χ0v) is 4.12. The third-order valence-electron chi connectivity index (χ3n) is 0.707. The van der Waals surface area contributed by atoms with Crippen molar-refractivity contribution in [1.29, 1.82) is 0 Å². The normalized spacial score (nSPS) is 8.60. The Morgan fingerprint density at radius 1 is 1.60 bits per heavy atom. The Kier molecular flexibility index (Phi) is 5.15. The Labute approximate surface area is 43.2 Å². The van der Waals surface area contributed by atoms with E-state index in [0.29, 0.717) is 0 Å². The van der Waals surface area contributed by atoms with Crippen molar-refractivity contribution in [2.75, 3.05) is 0 Å². The monoisotopic (exact) mass is 77.1 g/mol. The number of hydrogen-bond donors (Lipinski definition) is 0. The van der Waals surface area contributed by atoms with Gasteiger partial charge in [-0.3, -0.25) is 0 Å². The van der Waals surface area contributed by atoms with Crippen molar-refractivity contribution in [3.05, 3.63) is 0 Å². The molecule has 0 aliphatic heterocycles. The second kappa shape index (κ2) is 4.60. The van der Waals surface area contributed by atoms with Crippen molar-refractivity contribution in [3.8, 4) is 0 Å². The molecule has 0 spiro atoms. The summed E-state index contributed by atoms with van der Waals surface area (Å²) in [7, 11) is 0. The van der Waals surface area contributed by atoms with Crippen LogP contribution in [0.1, 0.15) is 19.8 Å². The topological polar surface area (TPSA) is 0 Å². The van der Waals surface area contributed by atoms with Gasteiger partial charge in [0, 0.05) is 0 Å². The van der Waals surface area contributed by atoms with Crippen molar-refractivity contribution < 1.29 is 0 Å². The molecule has 0 rings (SSSR count). The second-order valence-corrected chi connectivity index (χ2v) is 1.35. The van der Waals surface area contributed by atoms with E-state index in [0.717, 1.165) is 0 Å². The standard InChI is InChI=1S/C4H9.Li/c1-3-4-2;/h1,3-4H2,2H3;/i;1+13. The van der Waals surface area contributed by atoms with Gasteiger partial charge in [0.2, 0.25) is 0 Å². The fraction of sp³-hybridized carbons (Fsp3) is 1.00. The van der Waals surface area contributed by atoms with Crippen LogP contribution in [0.15, 0.2) is 0 Å². The summed E-state index contributed by atoms with van der Waals surface area (Å²) in [6.07, 6.45) is 2.73. The van der Waals surface area contributed by atoms with Crippen LogP contribution >= 0.6 is 0 Å². The molecular formula is C4H9Li. The van der Waals surface area contributed by atoms with E-state index in [4.69, 9.17) is 0 Å². The molecule has 0 radical (unpaired) electrons. The molecule has 0 N–H and O–H groups in total. The van der Waals surface area contributed by atoms with Crippen LogP contribution in [0.2, 0.25) is 5.09 Å². The van der Waals surface area contributed by atoms with Gasteiger partial charge in [0.05, 0.1) is 0 Å². The Morgan fingerprint density at radius 2 is 2.20 bits per heavy atom. The molecule has 0 nitrogen and oxygen atoms in total. The Morgan fingerprint density at radius 3 is 2.20 bits per heavy atom. The van der Waals surface area contributed by atoms with Crippen LogP contribution in [0.3, 0.4) is 0 Å². The van der Waals surface area contributed by atoms with Crippen molar-refractivity contribution in [2.24, 2.45) is 0 Å². The average Bonchev–Trinajstić information content (AvgIpc) is 1.41. The molecule has 0 aromatic heterocycles. The summed E-state index contributed by atoms with van der Waals surface area (Å²) in [6, 6.07) is 0. The molecule has 0 unspecified atom stereocenters. The first kappa shape index (κ1) is 5.60. The van der Waals surface area contributed by atoms with Gasteiger partial charge < -0.3 is 0 Å². The summed E-state index contributed by atoms with van der Waals surface area (Å²) in [5.41, 5.74) is 0. The van der Waals surface area contributed by atoms with Crippen LogP contribution in [-0.2, 0) is 0 Å². The Hall–Kier alpha value is 0.597. The fourth-order valence-corrected chi connectivity index (χ4v) is 0.354. The van der Waals surface area contributed by atoms with Gasteiger partial charge >= 0.3 is 42.6 Å². The molecule has 26 valence electrons. The van der Waals surface area contributed by atoms with E-state index < -0.39 is 0 Å².